The zero-order valence-electron chi connectivity index (χ0n) is 12.5. The number of hydrogen-bond acceptors (Lipinski definition) is 2. The summed E-state index contributed by atoms with van der Waals surface area (Å²) in [5.41, 5.74) is 1.65. The predicted molar refractivity (Wildman–Crippen MR) is 78.1 cm³/mol. The summed E-state index contributed by atoms with van der Waals surface area (Å²) in [6.07, 6.45) is 10.9. The topological polar surface area (TPSA) is 37.3 Å². The number of aliphatic hydroxyl groups is 1. The molecule has 0 bridgehead atoms. The Labute approximate surface area is 121 Å². The zero-order valence-corrected chi connectivity index (χ0v) is 12.5. The van der Waals surface area contributed by atoms with Crippen LogP contribution in [-0.4, -0.2) is 17.0 Å². The van der Waals surface area contributed by atoms with E-state index in [9.17, 15) is 9.90 Å². The minimum Gasteiger partial charge on any atom is -0.393 e. The monoisotopic (exact) mass is 274 g/mol. The SMILES string of the molecule is C[C@]12CCC3C4CCC(=O)C=C4CCC3C1CCC2O. The molecule has 0 heterocycles. The van der Waals surface area contributed by atoms with E-state index in [-0.39, 0.29) is 11.5 Å². The molecule has 0 aromatic rings. The highest BCUT2D eigenvalue weighted by Gasteiger charge is 2.55. The van der Waals surface area contributed by atoms with Gasteiger partial charge in [0.05, 0.1) is 6.10 Å². The van der Waals surface area contributed by atoms with Crippen LogP contribution in [0.1, 0.15) is 58.3 Å². The molecular weight excluding hydrogens is 248 g/mol. The molecule has 2 heteroatoms. The number of allylic oxidation sites excluding steroid dienone is 1. The van der Waals surface area contributed by atoms with Crippen molar-refractivity contribution >= 4 is 5.78 Å². The molecule has 1 N–H and O–H groups in total. The zero-order chi connectivity index (χ0) is 13.9. The van der Waals surface area contributed by atoms with E-state index < -0.39 is 0 Å². The molecule has 0 aromatic heterocycles. The van der Waals surface area contributed by atoms with Gasteiger partial charge in [0.15, 0.2) is 5.78 Å². The Bertz CT molecular complexity index is 466. The lowest BCUT2D eigenvalue weighted by atomic mass is 9.52. The van der Waals surface area contributed by atoms with Gasteiger partial charge >= 0.3 is 0 Å². The highest BCUT2D eigenvalue weighted by atomic mass is 16.3. The molecule has 0 amide bonds. The average Bonchev–Trinajstić information content (AvgIpc) is 2.74. The lowest BCUT2D eigenvalue weighted by Gasteiger charge is -2.53. The van der Waals surface area contributed by atoms with Crippen LogP contribution in [0, 0.1) is 29.1 Å². The van der Waals surface area contributed by atoms with E-state index >= 15 is 0 Å². The van der Waals surface area contributed by atoms with Crippen LogP contribution >= 0.6 is 0 Å². The average molecular weight is 274 g/mol. The van der Waals surface area contributed by atoms with Gasteiger partial charge in [-0.15, -0.1) is 0 Å². The van der Waals surface area contributed by atoms with Gasteiger partial charge in [0, 0.05) is 6.42 Å². The Morgan fingerprint density at radius 3 is 2.80 bits per heavy atom. The summed E-state index contributed by atoms with van der Waals surface area (Å²) in [5, 5.41) is 10.4. The van der Waals surface area contributed by atoms with Crippen LogP contribution in [0.3, 0.4) is 0 Å². The summed E-state index contributed by atoms with van der Waals surface area (Å²) < 4.78 is 0. The van der Waals surface area contributed by atoms with E-state index in [1.54, 1.807) is 0 Å². The lowest BCUT2D eigenvalue weighted by molar-refractivity contribution is -0.116. The van der Waals surface area contributed by atoms with Crippen molar-refractivity contribution in [1.82, 2.24) is 0 Å². The molecule has 110 valence electrons. The molecule has 0 aromatic carbocycles. The number of hydrogen-bond donors (Lipinski definition) is 1. The second-order valence-electron chi connectivity index (χ2n) is 7.94. The van der Waals surface area contributed by atoms with Gasteiger partial charge in [0.25, 0.3) is 0 Å². The van der Waals surface area contributed by atoms with E-state index in [0.29, 0.717) is 11.7 Å². The Kier molecular flexibility index (Phi) is 2.89. The lowest BCUT2D eigenvalue weighted by Crippen LogP contribution is -2.47. The number of rotatable bonds is 0. The quantitative estimate of drug-likeness (QED) is 0.734. The number of fused-ring (bicyclic) bond motifs is 5. The molecule has 3 fully saturated rings. The first kappa shape index (κ1) is 13.1. The first-order valence-corrected chi connectivity index (χ1v) is 8.51. The maximum atomic E-state index is 11.6. The summed E-state index contributed by atoms with van der Waals surface area (Å²) in [5.74, 6) is 3.38. The molecule has 6 atom stereocenters. The highest BCUT2D eigenvalue weighted by Crippen LogP contribution is 2.61. The third-order valence-electron chi connectivity index (χ3n) is 7.25. The summed E-state index contributed by atoms with van der Waals surface area (Å²) >= 11 is 0. The molecule has 2 nitrogen and oxygen atoms in total. The molecule has 0 saturated heterocycles. The summed E-state index contributed by atoms with van der Waals surface area (Å²) in [6.45, 7) is 2.33. The van der Waals surface area contributed by atoms with Gasteiger partial charge in [-0.3, -0.25) is 4.79 Å². The Morgan fingerprint density at radius 2 is 1.95 bits per heavy atom. The Balaban J connectivity index is 1.63. The number of aliphatic hydroxyl groups excluding tert-OH is 1. The van der Waals surface area contributed by atoms with Gasteiger partial charge in [-0.2, -0.15) is 0 Å². The second-order valence-corrected chi connectivity index (χ2v) is 7.94. The van der Waals surface area contributed by atoms with Gasteiger partial charge in [0.1, 0.15) is 0 Å². The van der Waals surface area contributed by atoms with Crippen LogP contribution in [0.25, 0.3) is 0 Å². The van der Waals surface area contributed by atoms with Crippen LogP contribution in [0.5, 0.6) is 0 Å². The maximum Gasteiger partial charge on any atom is 0.155 e. The maximum absolute atomic E-state index is 11.6. The largest absolute Gasteiger partial charge is 0.393 e. The van der Waals surface area contributed by atoms with Crippen LogP contribution in [0.2, 0.25) is 0 Å². The molecule has 5 unspecified atom stereocenters. The van der Waals surface area contributed by atoms with Gasteiger partial charge in [-0.1, -0.05) is 12.5 Å². The summed E-state index contributed by atoms with van der Waals surface area (Å²) in [6, 6.07) is 0. The molecular formula is C18H26O2. The normalized spacial score (nSPS) is 51.0. The van der Waals surface area contributed by atoms with Crippen molar-refractivity contribution < 1.29 is 9.90 Å². The van der Waals surface area contributed by atoms with Crippen LogP contribution in [-0.2, 0) is 4.79 Å². The number of carbonyl (C=O) groups is 1. The smallest absolute Gasteiger partial charge is 0.155 e. The van der Waals surface area contributed by atoms with Gasteiger partial charge < -0.3 is 5.11 Å². The van der Waals surface area contributed by atoms with E-state index in [2.05, 4.69) is 6.92 Å². The number of ketones is 1. The van der Waals surface area contributed by atoms with Crippen LogP contribution in [0.4, 0.5) is 0 Å². The fourth-order valence-electron chi connectivity index (χ4n) is 6.15. The molecule has 20 heavy (non-hydrogen) atoms. The predicted octanol–water partition coefficient (Wildman–Crippen LogP) is 3.49. The van der Waals surface area contributed by atoms with Crippen molar-refractivity contribution in [3.8, 4) is 0 Å². The molecule has 0 spiro atoms. The fourth-order valence-corrected chi connectivity index (χ4v) is 6.15. The molecule has 0 aliphatic heterocycles. The first-order valence-electron chi connectivity index (χ1n) is 8.51. The molecule has 3 saturated carbocycles. The van der Waals surface area contributed by atoms with Gasteiger partial charge in [0.2, 0.25) is 0 Å². The standard InChI is InChI=1S/C18H26O2/c1-18-9-8-14-13-5-3-12(19)10-11(13)2-4-15(14)16(18)6-7-17(18)20/h10,13-17,20H,2-9H2,1H3/t13?,14?,15?,16?,17?,18-/m0/s1. The second kappa shape index (κ2) is 4.43. The summed E-state index contributed by atoms with van der Waals surface area (Å²) in [7, 11) is 0. The fraction of sp³-hybridized carbons (Fsp3) is 0.833. The third-order valence-corrected chi connectivity index (χ3v) is 7.25. The van der Waals surface area contributed by atoms with Crippen LogP contribution < -0.4 is 0 Å². The van der Waals surface area contributed by atoms with Crippen molar-refractivity contribution in [2.45, 2.75) is 64.4 Å². The molecule has 4 aliphatic rings. The number of carbonyl (C=O) groups excluding carboxylic acids is 1. The van der Waals surface area contributed by atoms with Crippen molar-refractivity contribution in [2.24, 2.45) is 29.1 Å². The van der Waals surface area contributed by atoms with Gasteiger partial charge in [-0.05, 0) is 80.1 Å². The van der Waals surface area contributed by atoms with E-state index in [0.717, 1.165) is 43.4 Å². The van der Waals surface area contributed by atoms with Crippen molar-refractivity contribution in [3.63, 3.8) is 0 Å². The third kappa shape index (κ3) is 1.70. The van der Waals surface area contributed by atoms with Crippen LogP contribution in [0.15, 0.2) is 11.6 Å². The summed E-state index contributed by atoms with van der Waals surface area (Å²) in [4.78, 5) is 11.6. The van der Waals surface area contributed by atoms with Crippen molar-refractivity contribution in [3.05, 3.63) is 11.6 Å². The molecule has 0 radical (unpaired) electrons. The highest BCUT2D eigenvalue weighted by molar-refractivity contribution is 5.91. The van der Waals surface area contributed by atoms with E-state index in [4.69, 9.17) is 0 Å². The van der Waals surface area contributed by atoms with Crippen molar-refractivity contribution in [1.29, 1.82) is 0 Å². The Hall–Kier alpha value is -0.630. The Morgan fingerprint density at radius 1 is 1.10 bits per heavy atom. The minimum absolute atomic E-state index is 0.0710. The first-order chi connectivity index (χ1) is 9.59. The molecule has 4 aliphatic carbocycles. The van der Waals surface area contributed by atoms with E-state index in [1.165, 1.54) is 31.3 Å². The minimum atomic E-state index is -0.0710. The molecule has 4 rings (SSSR count). The van der Waals surface area contributed by atoms with E-state index in [1.807, 2.05) is 6.08 Å². The van der Waals surface area contributed by atoms with Crippen molar-refractivity contribution in [2.75, 3.05) is 0 Å². The van der Waals surface area contributed by atoms with Gasteiger partial charge in [-0.25, -0.2) is 0 Å².